The molecule has 4 nitrogen and oxygen atoms in total. The van der Waals surface area contributed by atoms with E-state index < -0.39 is 0 Å². The van der Waals surface area contributed by atoms with E-state index in [1.165, 1.54) is 11.3 Å². The van der Waals surface area contributed by atoms with Crippen LogP contribution in [0.3, 0.4) is 0 Å². The van der Waals surface area contributed by atoms with E-state index in [0.29, 0.717) is 15.7 Å². The van der Waals surface area contributed by atoms with Crippen LogP contribution in [0, 0.1) is 13.8 Å². The zero-order valence-electron chi connectivity index (χ0n) is 13.0. The van der Waals surface area contributed by atoms with Crippen molar-refractivity contribution in [2.45, 2.75) is 13.8 Å². The van der Waals surface area contributed by atoms with E-state index in [2.05, 4.69) is 15.6 Å². The third-order valence-corrected chi connectivity index (χ3v) is 4.94. The number of aromatic nitrogens is 1. The molecule has 3 aromatic rings. The number of hydrogen-bond acceptors (Lipinski definition) is 4. The van der Waals surface area contributed by atoms with E-state index in [1.54, 1.807) is 12.1 Å². The van der Waals surface area contributed by atoms with Crippen LogP contribution in [-0.4, -0.2) is 16.0 Å². The normalized spacial score (nSPS) is 10.6. The molecular formula is C17H14ClN3OS2. The van der Waals surface area contributed by atoms with E-state index in [-0.39, 0.29) is 11.0 Å². The summed E-state index contributed by atoms with van der Waals surface area (Å²) in [5.41, 5.74) is 3.37. The molecule has 2 aromatic carbocycles. The summed E-state index contributed by atoms with van der Waals surface area (Å²) < 4.78 is 1.01. The second-order valence-electron chi connectivity index (χ2n) is 5.37. The summed E-state index contributed by atoms with van der Waals surface area (Å²) in [7, 11) is 0. The standard InChI is InChI=1S/C17H14ClN3OS2/c1-9-4-3-5-11(6-9)15(22)20-16(23)21-17-19-13-8-12(18)10(2)7-14(13)24-17/h3-8H,1-2H3,(H2,19,20,21,22,23). The molecule has 3 rings (SSSR count). The van der Waals surface area contributed by atoms with Crippen LogP contribution in [0.25, 0.3) is 10.2 Å². The first-order chi connectivity index (χ1) is 11.4. The highest BCUT2D eigenvalue weighted by atomic mass is 35.5. The van der Waals surface area contributed by atoms with Crippen molar-refractivity contribution < 1.29 is 4.79 Å². The van der Waals surface area contributed by atoms with Crippen molar-refractivity contribution in [3.05, 3.63) is 58.1 Å². The Hall–Kier alpha value is -2.02. The second kappa shape index (κ2) is 6.84. The first kappa shape index (κ1) is 16.8. The maximum atomic E-state index is 12.2. The molecule has 0 saturated heterocycles. The van der Waals surface area contributed by atoms with Gasteiger partial charge in [0, 0.05) is 10.6 Å². The SMILES string of the molecule is Cc1cccc(C(=O)NC(=S)Nc2nc3cc(Cl)c(C)cc3s2)c1. The Kier molecular flexibility index (Phi) is 4.80. The van der Waals surface area contributed by atoms with Gasteiger partial charge < -0.3 is 5.32 Å². The average Bonchev–Trinajstić information content (AvgIpc) is 2.88. The molecule has 0 radical (unpaired) electrons. The number of rotatable bonds is 2. The van der Waals surface area contributed by atoms with E-state index in [9.17, 15) is 4.79 Å². The summed E-state index contributed by atoms with van der Waals surface area (Å²) in [5, 5.41) is 7.11. The van der Waals surface area contributed by atoms with E-state index in [1.807, 2.05) is 38.1 Å². The summed E-state index contributed by atoms with van der Waals surface area (Å²) >= 11 is 12.8. The van der Waals surface area contributed by atoms with Crippen molar-refractivity contribution in [1.29, 1.82) is 0 Å². The van der Waals surface area contributed by atoms with Gasteiger partial charge in [-0.15, -0.1) is 0 Å². The number of amides is 1. The third-order valence-electron chi connectivity index (χ3n) is 3.40. The second-order valence-corrected chi connectivity index (χ2v) is 7.21. The van der Waals surface area contributed by atoms with Crippen molar-refractivity contribution in [1.82, 2.24) is 10.3 Å². The first-order valence-electron chi connectivity index (χ1n) is 7.18. The number of benzene rings is 2. The third kappa shape index (κ3) is 3.72. The Bertz CT molecular complexity index is 913. The molecule has 7 heteroatoms. The molecule has 0 aliphatic heterocycles. The lowest BCUT2D eigenvalue weighted by Crippen LogP contribution is -2.34. The van der Waals surface area contributed by atoms with Gasteiger partial charge in [0.25, 0.3) is 5.91 Å². The Labute approximate surface area is 153 Å². The molecule has 122 valence electrons. The van der Waals surface area contributed by atoms with Gasteiger partial charge >= 0.3 is 0 Å². The lowest BCUT2D eigenvalue weighted by molar-refractivity contribution is 0.0977. The zero-order valence-corrected chi connectivity index (χ0v) is 15.4. The number of halogens is 1. The van der Waals surface area contributed by atoms with Gasteiger partial charge in [0.2, 0.25) is 0 Å². The van der Waals surface area contributed by atoms with Crippen LogP contribution in [0.2, 0.25) is 5.02 Å². The lowest BCUT2D eigenvalue weighted by Gasteiger charge is -2.07. The average molecular weight is 376 g/mol. The number of carbonyl (C=O) groups excluding carboxylic acids is 1. The van der Waals surface area contributed by atoms with Crippen LogP contribution in [0.5, 0.6) is 0 Å². The minimum atomic E-state index is -0.254. The number of aryl methyl sites for hydroxylation is 2. The number of nitrogens with one attached hydrogen (secondary N) is 2. The molecule has 0 aliphatic carbocycles. The monoisotopic (exact) mass is 375 g/mol. The van der Waals surface area contributed by atoms with Gasteiger partial charge in [-0.1, -0.05) is 40.6 Å². The highest BCUT2D eigenvalue weighted by molar-refractivity contribution is 7.80. The Balaban J connectivity index is 1.72. The minimum absolute atomic E-state index is 0.211. The number of fused-ring (bicyclic) bond motifs is 1. The van der Waals surface area contributed by atoms with E-state index in [4.69, 9.17) is 23.8 Å². The van der Waals surface area contributed by atoms with Gasteiger partial charge in [-0.05, 0) is 55.9 Å². The largest absolute Gasteiger partial charge is 0.308 e. The molecular weight excluding hydrogens is 362 g/mol. The number of hydrogen-bond donors (Lipinski definition) is 2. The fourth-order valence-corrected chi connectivity index (χ4v) is 3.56. The maximum absolute atomic E-state index is 12.2. The Morgan fingerprint density at radius 3 is 2.79 bits per heavy atom. The summed E-state index contributed by atoms with van der Waals surface area (Å²) in [4.78, 5) is 16.6. The molecule has 0 bridgehead atoms. The van der Waals surface area contributed by atoms with E-state index >= 15 is 0 Å². The van der Waals surface area contributed by atoms with Gasteiger partial charge in [0.15, 0.2) is 10.2 Å². The van der Waals surface area contributed by atoms with Crippen LogP contribution in [0.4, 0.5) is 5.13 Å². The molecule has 0 aliphatic rings. The fourth-order valence-electron chi connectivity index (χ4n) is 2.19. The number of carbonyl (C=O) groups is 1. The smallest absolute Gasteiger partial charge is 0.257 e. The molecule has 2 N–H and O–H groups in total. The van der Waals surface area contributed by atoms with Crippen molar-refractivity contribution in [2.75, 3.05) is 5.32 Å². The molecule has 24 heavy (non-hydrogen) atoms. The molecule has 0 spiro atoms. The molecule has 1 aromatic heterocycles. The molecule has 0 fully saturated rings. The highest BCUT2D eigenvalue weighted by Crippen LogP contribution is 2.30. The van der Waals surface area contributed by atoms with Crippen LogP contribution < -0.4 is 10.6 Å². The maximum Gasteiger partial charge on any atom is 0.257 e. The quantitative estimate of drug-likeness (QED) is 0.638. The van der Waals surface area contributed by atoms with Crippen LogP contribution >= 0.6 is 35.2 Å². The van der Waals surface area contributed by atoms with Crippen LogP contribution in [-0.2, 0) is 0 Å². The Morgan fingerprint density at radius 1 is 1.25 bits per heavy atom. The van der Waals surface area contributed by atoms with Gasteiger partial charge in [0.05, 0.1) is 10.2 Å². The van der Waals surface area contributed by atoms with Crippen LogP contribution in [0.15, 0.2) is 36.4 Å². The lowest BCUT2D eigenvalue weighted by atomic mass is 10.1. The summed E-state index contributed by atoms with van der Waals surface area (Å²) in [6, 6.07) is 11.1. The van der Waals surface area contributed by atoms with Crippen molar-refractivity contribution in [2.24, 2.45) is 0 Å². The minimum Gasteiger partial charge on any atom is -0.308 e. The predicted molar refractivity (Wildman–Crippen MR) is 104 cm³/mol. The van der Waals surface area contributed by atoms with Crippen LogP contribution in [0.1, 0.15) is 21.5 Å². The fraction of sp³-hybridized carbons (Fsp3) is 0.118. The highest BCUT2D eigenvalue weighted by Gasteiger charge is 2.11. The van der Waals surface area contributed by atoms with Crippen molar-refractivity contribution in [3.8, 4) is 0 Å². The number of nitrogens with zero attached hydrogens (tertiary/aromatic N) is 1. The van der Waals surface area contributed by atoms with Gasteiger partial charge in [-0.2, -0.15) is 0 Å². The van der Waals surface area contributed by atoms with Gasteiger partial charge in [0.1, 0.15) is 0 Å². The first-order valence-corrected chi connectivity index (χ1v) is 8.78. The molecule has 0 atom stereocenters. The zero-order chi connectivity index (χ0) is 17.3. The molecule has 1 amide bonds. The summed E-state index contributed by atoms with van der Waals surface area (Å²) in [6.45, 7) is 3.88. The molecule has 0 saturated carbocycles. The number of thiocarbonyl (C=S) groups is 1. The van der Waals surface area contributed by atoms with E-state index in [0.717, 1.165) is 21.3 Å². The number of anilines is 1. The molecule has 0 unspecified atom stereocenters. The summed E-state index contributed by atoms with van der Waals surface area (Å²) in [5.74, 6) is -0.254. The van der Waals surface area contributed by atoms with Gasteiger partial charge in [-0.25, -0.2) is 4.98 Å². The summed E-state index contributed by atoms with van der Waals surface area (Å²) in [6.07, 6.45) is 0. The Morgan fingerprint density at radius 2 is 2.04 bits per heavy atom. The molecule has 1 heterocycles. The predicted octanol–water partition coefficient (Wildman–Crippen LogP) is 4.69. The topological polar surface area (TPSA) is 54.0 Å². The van der Waals surface area contributed by atoms with Gasteiger partial charge in [-0.3, -0.25) is 10.1 Å². The van der Waals surface area contributed by atoms with Crippen molar-refractivity contribution in [3.63, 3.8) is 0 Å². The number of thiazole rings is 1. The van der Waals surface area contributed by atoms with Crippen molar-refractivity contribution >= 4 is 61.5 Å².